The number of anilines is 1. The maximum atomic E-state index is 11.7. The minimum atomic E-state index is -3.18. The standard InChI is InChI=1S/C18H24N5O4P/c1-3-4-8-27-17-21-15(19)14-16(22-17)23(18(24)20-14)10-12-6-5-7-13(9-12)11-28(2,25)26/h5-7,9H,3-4,8,10-11H2,1-2H3,(H,20,24)(H,25,26)(H2,19,21,22). The number of hydrogen-bond donors (Lipinski definition) is 3. The summed E-state index contributed by atoms with van der Waals surface area (Å²) in [6, 6.07) is 7.17. The number of nitrogens with zero attached hydrogens (tertiary/aromatic N) is 4. The number of fused-ring (bicyclic) bond motifs is 1. The second-order valence-corrected chi connectivity index (χ2v) is 9.21. The summed E-state index contributed by atoms with van der Waals surface area (Å²) in [7, 11) is -3.18. The first kappa shape index (κ1) is 20.1. The summed E-state index contributed by atoms with van der Waals surface area (Å²) in [6.45, 7) is 4.12. The molecule has 150 valence electrons. The minimum absolute atomic E-state index is 0.0854. The van der Waals surface area contributed by atoms with Crippen molar-refractivity contribution < 1.29 is 19.3 Å². The molecule has 4 N–H and O–H groups in total. The van der Waals surface area contributed by atoms with E-state index in [1.807, 2.05) is 12.1 Å². The third kappa shape index (κ3) is 4.79. The van der Waals surface area contributed by atoms with E-state index in [0.717, 1.165) is 24.0 Å². The number of unbranched alkanes of at least 4 members (excludes halogenated alkanes) is 1. The fraction of sp³-hybridized carbons (Fsp3) is 0.389. The molecule has 0 aliphatic rings. The van der Waals surface area contributed by atoms with E-state index in [4.69, 9.17) is 10.5 Å². The molecule has 9 nitrogen and oxygen atoms in total. The number of aromatic hydroxyl groups is 1. The number of rotatable bonds is 8. The molecule has 0 spiro atoms. The SMILES string of the molecule is CCCCOc1nc(N)c2nc(O)n(Cc3cccc(CP(C)(=O)O)c3)c2n1. The molecule has 2 heterocycles. The van der Waals surface area contributed by atoms with E-state index < -0.39 is 7.37 Å². The van der Waals surface area contributed by atoms with Crippen molar-refractivity contribution in [2.24, 2.45) is 0 Å². The largest absolute Gasteiger partial charge is 0.480 e. The molecule has 1 aromatic carbocycles. The van der Waals surface area contributed by atoms with Gasteiger partial charge in [-0.1, -0.05) is 37.6 Å². The van der Waals surface area contributed by atoms with Crippen molar-refractivity contribution in [1.29, 1.82) is 0 Å². The Hall–Kier alpha value is -2.64. The molecule has 0 radical (unpaired) electrons. The molecule has 3 rings (SSSR count). The van der Waals surface area contributed by atoms with Crippen LogP contribution in [-0.2, 0) is 17.3 Å². The summed E-state index contributed by atoms with van der Waals surface area (Å²) >= 11 is 0. The fourth-order valence-electron chi connectivity index (χ4n) is 2.86. The number of hydrogen-bond acceptors (Lipinski definition) is 7. The van der Waals surface area contributed by atoms with Crippen molar-refractivity contribution in [3.63, 3.8) is 0 Å². The first-order chi connectivity index (χ1) is 13.3. The van der Waals surface area contributed by atoms with Crippen LogP contribution in [0.15, 0.2) is 24.3 Å². The molecule has 1 unspecified atom stereocenters. The van der Waals surface area contributed by atoms with Gasteiger partial charge in [0.1, 0.15) is 0 Å². The van der Waals surface area contributed by atoms with Gasteiger partial charge in [0.05, 0.1) is 13.2 Å². The van der Waals surface area contributed by atoms with Crippen molar-refractivity contribution in [3.8, 4) is 12.0 Å². The van der Waals surface area contributed by atoms with Crippen LogP contribution in [0.25, 0.3) is 11.2 Å². The van der Waals surface area contributed by atoms with E-state index in [0.29, 0.717) is 17.8 Å². The van der Waals surface area contributed by atoms with Crippen LogP contribution in [0.3, 0.4) is 0 Å². The zero-order chi connectivity index (χ0) is 20.3. The maximum absolute atomic E-state index is 11.7. The van der Waals surface area contributed by atoms with Gasteiger partial charge in [0.25, 0.3) is 6.01 Å². The van der Waals surface area contributed by atoms with Gasteiger partial charge in [-0.15, -0.1) is 0 Å². The molecule has 0 fully saturated rings. The number of nitrogen functional groups attached to an aromatic ring is 1. The monoisotopic (exact) mass is 405 g/mol. The van der Waals surface area contributed by atoms with Gasteiger partial charge in [0.15, 0.2) is 17.0 Å². The van der Waals surface area contributed by atoms with Crippen LogP contribution in [0.2, 0.25) is 0 Å². The van der Waals surface area contributed by atoms with Gasteiger partial charge in [-0.05, 0) is 17.5 Å². The maximum Gasteiger partial charge on any atom is 0.320 e. The molecule has 0 amide bonds. The lowest BCUT2D eigenvalue weighted by molar-refractivity contribution is 0.286. The van der Waals surface area contributed by atoms with Gasteiger partial charge < -0.3 is 20.5 Å². The second-order valence-electron chi connectivity index (χ2n) is 6.79. The Morgan fingerprint density at radius 3 is 2.71 bits per heavy atom. The zero-order valence-electron chi connectivity index (χ0n) is 15.9. The second kappa shape index (κ2) is 8.16. The quantitative estimate of drug-likeness (QED) is 0.384. The Morgan fingerprint density at radius 2 is 2.00 bits per heavy atom. The highest BCUT2D eigenvalue weighted by atomic mass is 31.2. The molecule has 0 aliphatic carbocycles. The first-order valence-corrected chi connectivity index (χ1v) is 11.3. The number of benzene rings is 1. The van der Waals surface area contributed by atoms with E-state index in [-0.39, 0.29) is 30.5 Å². The topological polar surface area (TPSA) is 136 Å². The molecule has 0 aliphatic heterocycles. The Balaban J connectivity index is 1.93. The fourth-order valence-corrected chi connectivity index (χ4v) is 3.73. The third-order valence-corrected chi connectivity index (χ3v) is 5.07. The van der Waals surface area contributed by atoms with E-state index >= 15 is 0 Å². The molecule has 0 bridgehead atoms. The molecule has 1 atom stereocenters. The zero-order valence-corrected chi connectivity index (χ0v) is 16.8. The van der Waals surface area contributed by atoms with Crippen LogP contribution < -0.4 is 10.5 Å². The predicted octanol–water partition coefficient (Wildman–Crippen LogP) is 2.74. The summed E-state index contributed by atoms with van der Waals surface area (Å²) < 4.78 is 18.7. The number of imidazole rings is 1. The molecule has 10 heteroatoms. The number of ether oxygens (including phenoxy) is 1. The van der Waals surface area contributed by atoms with Gasteiger partial charge in [0, 0.05) is 12.8 Å². The van der Waals surface area contributed by atoms with Crippen LogP contribution in [-0.4, -0.2) is 42.8 Å². The summed E-state index contributed by atoms with van der Waals surface area (Å²) in [6.07, 6.45) is 1.93. The molecule has 28 heavy (non-hydrogen) atoms. The summed E-state index contributed by atoms with van der Waals surface area (Å²) in [5.41, 5.74) is 8.18. The summed E-state index contributed by atoms with van der Waals surface area (Å²) in [4.78, 5) is 22.1. The molecule has 0 saturated carbocycles. The molecule has 0 saturated heterocycles. The Bertz CT molecular complexity index is 1030. The van der Waals surface area contributed by atoms with Gasteiger partial charge >= 0.3 is 6.01 Å². The average Bonchev–Trinajstić information content (AvgIpc) is 2.91. The Kier molecular flexibility index (Phi) is 5.86. The van der Waals surface area contributed by atoms with Crippen LogP contribution >= 0.6 is 7.37 Å². The lowest BCUT2D eigenvalue weighted by Gasteiger charge is -2.10. The lowest BCUT2D eigenvalue weighted by atomic mass is 10.1. The van der Waals surface area contributed by atoms with Crippen LogP contribution in [0.5, 0.6) is 12.0 Å². The number of nitrogens with two attached hydrogens (primary N) is 1. The van der Waals surface area contributed by atoms with Crippen LogP contribution in [0.4, 0.5) is 5.82 Å². The van der Waals surface area contributed by atoms with Gasteiger partial charge in [0.2, 0.25) is 7.37 Å². The highest BCUT2D eigenvalue weighted by molar-refractivity contribution is 7.56. The highest BCUT2D eigenvalue weighted by Crippen LogP contribution is 2.39. The van der Waals surface area contributed by atoms with Crippen molar-refractivity contribution >= 4 is 24.4 Å². The summed E-state index contributed by atoms with van der Waals surface area (Å²) in [5.74, 6) is 0.131. The number of aromatic nitrogens is 4. The molecular weight excluding hydrogens is 381 g/mol. The van der Waals surface area contributed by atoms with E-state index in [1.165, 1.54) is 11.2 Å². The average molecular weight is 405 g/mol. The van der Waals surface area contributed by atoms with Crippen LogP contribution in [0.1, 0.15) is 30.9 Å². The minimum Gasteiger partial charge on any atom is -0.480 e. The lowest BCUT2D eigenvalue weighted by Crippen LogP contribution is -2.06. The van der Waals surface area contributed by atoms with Gasteiger partial charge in [-0.2, -0.15) is 15.0 Å². The van der Waals surface area contributed by atoms with Crippen molar-refractivity contribution in [2.45, 2.75) is 32.5 Å². The summed E-state index contributed by atoms with van der Waals surface area (Å²) in [5, 5.41) is 10.3. The van der Waals surface area contributed by atoms with E-state index in [1.54, 1.807) is 12.1 Å². The first-order valence-electron chi connectivity index (χ1n) is 8.99. The normalized spacial score (nSPS) is 13.5. The van der Waals surface area contributed by atoms with Crippen molar-refractivity contribution in [2.75, 3.05) is 19.0 Å². The van der Waals surface area contributed by atoms with E-state index in [9.17, 15) is 14.6 Å². The van der Waals surface area contributed by atoms with Crippen molar-refractivity contribution in [1.82, 2.24) is 19.5 Å². The Labute approximate surface area is 162 Å². The molecular formula is C18H24N5O4P. The smallest absolute Gasteiger partial charge is 0.320 e. The van der Waals surface area contributed by atoms with Gasteiger partial charge in [-0.25, -0.2) is 0 Å². The van der Waals surface area contributed by atoms with E-state index in [2.05, 4.69) is 21.9 Å². The van der Waals surface area contributed by atoms with Crippen LogP contribution in [0, 0.1) is 0 Å². The molecule has 2 aromatic heterocycles. The van der Waals surface area contributed by atoms with Crippen molar-refractivity contribution in [3.05, 3.63) is 35.4 Å². The molecule has 3 aromatic rings. The predicted molar refractivity (Wildman–Crippen MR) is 107 cm³/mol. The Morgan fingerprint density at radius 1 is 1.25 bits per heavy atom. The highest BCUT2D eigenvalue weighted by Gasteiger charge is 2.18. The third-order valence-electron chi connectivity index (χ3n) is 4.12. The van der Waals surface area contributed by atoms with Gasteiger partial charge in [-0.3, -0.25) is 9.13 Å².